The van der Waals surface area contributed by atoms with Crippen molar-refractivity contribution in [3.05, 3.63) is 22.7 Å². The van der Waals surface area contributed by atoms with Crippen LogP contribution in [0.1, 0.15) is 31.2 Å². The average Bonchev–Trinajstić information content (AvgIpc) is 2.50. The van der Waals surface area contributed by atoms with Gasteiger partial charge >= 0.3 is 0 Å². The Morgan fingerprint density at radius 3 is 2.52 bits per heavy atom. The number of nitrogens with one attached hydrogen (secondary N) is 1. The van der Waals surface area contributed by atoms with Crippen molar-refractivity contribution in [2.75, 3.05) is 20.8 Å². The minimum atomic E-state index is -0.0958. The van der Waals surface area contributed by atoms with Crippen LogP contribution in [-0.4, -0.2) is 32.0 Å². The maximum Gasteiger partial charge on any atom is 0.179 e. The first-order chi connectivity index (χ1) is 10.2. The molecule has 2 rings (SSSR count). The molecule has 0 unspecified atom stereocenters. The number of hydrogen-bond donors (Lipinski definition) is 2. The number of halogens is 1. The molecule has 1 aromatic rings. The summed E-state index contributed by atoms with van der Waals surface area (Å²) in [5, 5.41) is 13.6. The summed E-state index contributed by atoms with van der Waals surface area (Å²) in [6, 6.07) is 3.83. The van der Waals surface area contributed by atoms with Gasteiger partial charge in [0, 0.05) is 6.54 Å². The van der Waals surface area contributed by atoms with Crippen LogP contribution in [0.15, 0.2) is 12.1 Å². The largest absolute Gasteiger partial charge is 0.493 e. The lowest BCUT2D eigenvalue weighted by atomic mass is 9.87. The van der Waals surface area contributed by atoms with Crippen LogP contribution in [0.3, 0.4) is 0 Å². The molecule has 0 aliphatic heterocycles. The van der Waals surface area contributed by atoms with Crippen LogP contribution in [0.25, 0.3) is 0 Å². The van der Waals surface area contributed by atoms with Gasteiger partial charge in [0.05, 0.1) is 25.3 Å². The summed E-state index contributed by atoms with van der Waals surface area (Å²) >= 11 is 6.36. The minimum Gasteiger partial charge on any atom is -0.493 e. The summed E-state index contributed by atoms with van der Waals surface area (Å²) in [7, 11) is 3.19. The molecule has 1 saturated carbocycles. The van der Waals surface area contributed by atoms with Crippen molar-refractivity contribution >= 4 is 11.6 Å². The Hall–Kier alpha value is -0.970. The molecule has 0 radical (unpaired) electrons. The van der Waals surface area contributed by atoms with E-state index in [1.165, 1.54) is 0 Å². The molecule has 1 aliphatic carbocycles. The normalized spacial score (nSPS) is 22.1. The maximum absolute atomic E-state index is 9.51. The number of ether oxygens (including phenoxy) is 2. The highest BCUT2D eigenvalue weighted by molar-refractivity contribution is 6.33. The van der Waals surface area contributed by atoms with Crippen molar-refractivity contribution in [2.24, 2.45) is 5.92 Å². The van der Waals surface area contributed by atoms with E-state index in [9.17, 15) is 5.11 Å². The highest BCUT2D eigenvalue weighted by atomic mass is 35.5. The molecule has 2 N–H and O–H groups in total. The number of methoxy groups -OCH3 is 2. The Bertz CT molecular complexity index is 459. The van der Waals surface area contributed by atoms with E-state index < -0.39 is 0 Å². The number of hydrogen-bond acceptors (Lipinski definition) is 4. The predicted octanol–water partition coefficient (Wildman–Crippen LogP) is 3.00. The summed E-state index contributed by atoms with van der Waals surface area (Å²) in [5.74, 6) is 1.87. The molecule has 0 heterocycles. The van der Waals surface area contributed by atoms with E-state index in [0.717, 1.165) is 37.8 Å². The molecule has 5 heteroatoms. The van der Waals surface area contributed by atoms with Crippen molar-refractivity contribution in [3.63, 3.8) is 0 Å². The second kappa shape index (κ2) is 7.87. The highest BCUT2D eigenvalue weighted by Gasteiger charge is 2.19. The lowest BCUT2D eigenvalue weighted by molar-refractivity contribution is 0.108. The van der Waals surface area contributed by atoms with Gasteiger partial charge in [-0.05, 0) is 49.8 Å². The Morgan fingerprint density at radius 2 is 1.90 bits per heavy atom. The maximum atomic E-state index is 9.51. The van der Waals surface area contributed by atoms with E-state index in [1.807, 2.05) is 12.1 Å². The van der Waals surface area contributed by atoms with Crippen molar-refractivity contribution in [2.45, 2.75) is 38.3 Å². The smallest absolute Gasteiger partial charge is 0.179 e. The van der Waals surface area contributed by atoms with Gasteiger partial charge in [-0.1, -0.05) is 17.7 Å². The minimum absolute atomic E-state index is 0.0958. The van der Waals surface area contributed by atoms with Crippen molar-refractivity contribution in [1.29, 1.82) is 0 Å². The van der Waals surface area contributed by atoms with Gasteiger partial charge in [-0.2, -0.15) is 0 Å². The number of aliphatic hydroxyl groups excluding tert-OH is 1. The fraction of sp³-hybridized carbons (Fsp3) is 0.625. The Labute approximate surface area is 131 Å². The molecular formula is C16H24ClNO3. The molecule has 1 aromatic carbocycles. The topological polar surface area (TPSA) is 50.7 Å². The molecule has 0 spiro atoms. The number of benzene rings is 1. The van der Waals surface area contributed by atoms with Gasteiger partial charge in [-0.25, -0.2) is 0 Å². The zero-order chi connectivity index (χ0) is 15.2. The summed E-state index contributed by atoms with van der Waals surface area (Å²) in [6.07, 6.45) is 3.93. The third kappa shape index (κ3) is 4.25. The molecule has 118 valence electrons. The molecule has 0 atom stereocenters. The van der Waals surface area contributed by atoms with E-state index >= 15 is 0 Å². The fourth-order valence-electron chi connectivity index (χ4n) is 2.83. The van der Waals surface area contributed by atoms with Gasteiger partial charge < -0.3 is 19.9 Å². The van der Waals surface area contributed by atoms with E-state index in [4.69, 9.17) is 21.1 Å². The lowest BCUT2D eigenvalue weighted by Crippen LogP contribution is -2.27. The van der Waals surface area contributed by atoms with Crippen LogP contribution in [0.5, 0.6) is 11.5 Å². The highest BCUT2D eigenvalue weighted by Crippen LogP contribution is 2.37. The molecule has 0 saturated heterocycles. The zero-order valence-corrected chi connectivity index (χ0v) is 13.4. The van der Waals surface area contributed by atoms with Crippen LogP contribution >= 0.6 is 11.6 Å². The van der Waals surface area contributed by atoms with Crippen molar-refractivity contribution in [3.8, 4) is 11.5 Å². The van der Waals surface area contributed by atoms with Gasteiger partial charge in [0.25, 0.3) is 0 Å². The quantitative estimate of drug-likeness (QED) is 0.847. The Morgan fingerprint density at radius 1 is 1.19 bits per heavy atom. The SMILES string of the molecule is COc1ccc(CNCC2CCC(O)CC2)c(Cl)c1OC. The van der Waals surface area contributed by atoms with Crippen molar-refractivity contribution in [1.82, 2.24) is 5.32 Å². The summed E-state index contributed by atoms with van der Waals surface area (Å²) in [6.45, 7) is 1.66. The standard InChI is InChI=1S/C16H24ClNO3/c1-20-14-8-5-12(15(17)16(14)21-2)10-18-9-11-3-6-13(19)7-4-11/h5,8,11,13,18-19H,3-4,6-7,9-10H2,1-2H3. The Balaban J connectivity index is 1.88. The van der Waals surface area contributed by atoms with Crippen LogP contribution in [-0.2, 0) is 6.54 Å². The second-order valence-electron chi connectivity index (χ2n) is 5.58. The molecule has 0 bridgehead atoms. The Kier molecular flexibility index (Phi) is 6.15. The van der Waals surface area contributed by atoms with Gasteiger partial charge in [-0.3, -0.25) is 0 Å². The van der Waals surface area contributed by atoms with Crippen LogP contribution in [0.4, 0.5) is 0 Å². The number of rotatable bonds is 6. The summed E-state index contributed by atoms with van der Waals surface area (Å²) in [4.78, 5) is 0. The van der Waals surface area contributed by atoms with Gasteiger partial charge in [0.15, 0.2) is 11.5 Å². The molecule has 1 fully saturated rings. The molecule has 4 nitrogen and oxygen atoms in total. The molecule has 21 heavy (non-hydrogen) atoms. The zero-order valence-electron chi connectivity index (χ0n) is 12.7. The lowest BCUT2D eigenvalue weighted by Gasteiger charge is -2.25. The summed E-state index contributed by atoms with van der Waals surface area (Å²) in [5.41, 5.74) is 1.00. The molecular weight excluding hydrogens is 290 g/mol. The monoisotopic (exact) mass is 313 g/mol. The van der Waals surface area contributed by atoms with E-state index in [2.05, 4.69) is 5.32 Å². The molecule has 1 aliphatic rings. The third-order valence-corrected chi connectivity index (χ3v) is 4.54. The van der Waals surface area contributed by atoms with Crippen LogP contribution < -0.4 is 14.8 Å². The second-order valence-corrected chi connectivity index (χ2v) is 5.96. The summed E-state index contributed by atoms with van der Waals surface area (Å²) < 4.78 is 10.5. The predicted molar refractivity (Wildman–Crippen MR) is 84.2 cm³/mol. The van der Waals surface area contributed by atoms with Crippen LogP contribution in [0, 0.1) is 5.92 Å². The third-order valence-electron chi connectivity index (χ3n) is 4.13. The first kappa shape index (κ1) is 16.4. The van der Waals surface area contributed by atoms with E-state index in [-0.39, 0.29) is 6.10 Å². The first-order valence-electron chi connectivity index (χ1n) is 7.43. The van der Waals surface area contributed by atoms with Gasteiger partial charge in [-0.15, -0.1) is 0 Å². The van der Waals surface area contributed by atoms with E-state index in [1.54, 1.807) is 14.2 Å². The van der Waals surface area contributed by atoms with Crippen molar-refractivity contribution < 1.29 is 14.6 Å². The first-order valence-corrected chi connectivity index (χ1v) is 7.81. The fourth-order valence-corrected chi connectivity index (χ4v) is 3.13. The molecule has 0 amide bonds. The van der Waals surface area contributed by atoms with E-state index in [0.29, 0.717) is 29.0 Å². The van der Waals surface area contributed by atoms with Crippen LogP contribution in [0.2, 0.25) is 5.02 Å². The number of aliphatic hydroxyl groups is 1. The average molecular weight is 314 g/mol. The molecule has 0 aromatic heterocycles. The van der Waals surface area contributed by atoms with Gasteiger partial charge in [0.1, 0.15) is 0 Å². The van der Waals surface area contributed by atoms with Gasteiger partial charge in [0.2, 0.25) is 0 Å².